The number of rotatable bonds is 1. The maximum atomic E-state index is 11.1. The minimum atomic E-state index is -4.12. The molecule has 0 aliphatic heterocycles. The molecule has 78 valence electrons. The molecule has 0 saturated carbocycles. The smallest absolute Gasteiger partial charge is 0.282 e. The molecule has 0 fully saturated rings. The van der Waals surface area contributed by atoms with Gasteiger partial charge < -0.3 is 0 Å². The van der Waals surface area contributed by atoms with Crippen molar-refractivity contribution in [1.29, 1.82) is 0 Å². The summed E-state index contributed by atoms with van der Waals surface area (Å²) in [5.74, 6) is 0. The summed E-state index contributed by atoms with van der Waals surface area (Å²) < 4.78 is 31.1. The van der Waals surface area contributed by atoms with Gasteiger partial charge in [-0.25, -0.2) is 0 Å². The summed E-state index contributed by atoms with van der Waals surface area (Å²) in [5.41, 5.74) is 0.579. The van der Waals surface area contributed by atoms with Crippen molar-refractivity contribution < 1.29 is 13.0 Å². The quantitative estimate of drug-likeness (QED) is 0.754. The number of hydrogen-bond donors (Lipinski definition) is 1. The lowest BCUT2D eigenvalue weighted by atomic mass is 10.1. The zero-order valence-corrected chi connectivity index (χ0v) is 8.95. The van der Waals surface area contributed by atoms with Crippen molar-refractivity contribution in [3.05, 3.63) is 42.0 Å². The van der Waals surface area contributed by atoms with Gasteiger partial charge in [0.1, 0.15) is 0 Å². The maximum absolute atomic E-state index is 11.1. The van der Waals surface area contributed by atoms with E-state index in [9.17, 15) is 8.42 Å². The van der Waals surface area contributed by atoms with Gasteiger partial charge in [-0.2, -0.15) is 8.42 Å². The van der Waals surface area contributed by atoms with Crippen LogP contribution in [-0.2, 0) is 10.1 Å². The highest BCUT2D eigenvalue weighted by molar-refractivity contribution is 7.85. The molecule has 2 aromatic carbocycles. The number of aryl methyl sites for hydroxylation is 1. The van der Waals surface area contributed by atoms with Gasteiger partial charge in [0.25, 0.3) is 10.1 Å². The molecule has 0 spiro atoms. The second-order valence-electron chi connectivity index (χ2n) is 3.38. The minimum Gasteiger partial charge on any atom is -0.282 e. The Morgan fingerprint density at radius 1 is 1.07 bits per heavy atom. The van der Waals surface area contributed by atoms with E-state index in [0.29, 0.717) is 5.56 Å². The molecule has 15 heavy (non-hydrogen) atoms. The standard InChI is InChI=1S/C11H10O3S/c1-8-10-5-3-2-4-9(10)6-7-11(8)15(12,13)14/h2-7H,1H3,(H,12,13,14). The minimum absolute atomic E-state index is 0.0267. The van der Waals surface area contributed by atoms with Gasteiger partial charge >= 0.3 is 0 Å². The molecule has 0 atom stereocenters. The SMILES string of the molecule is Cc1c(S(=O)(=O)O)ccc2ccccc12. The predicted molar refractivity (Wildman–Crippen MR) is 58.5 cm³/mol. The van der Waals surface area contributed by atoms with Crippen LogP contribution in [0, 0.1) is 6.92 Å². The summed E-state index contributed by atoms with van der Waals surface area (Å²) in [5, 5.41) is 1.80. The summed E-state index contributed by atoms with van der Waals surface area (Å²) in [4.78, 5) is -0.0267. The van der Waals surface area contributed by atoms with Crippen molar-refractivity contribution in [2.24, 2.45) is 0 Å². The molecule has 0 aromatic heterocycles. The molecular formula is C11H10O3S. The van der Waals surface area contributed by atoms with E-state index in [-0.39, 0.29) is 4.90 Å². The van der Waals surface area contributed by atoms with E-state index in [2.05, 4.69) is 0 Å². The Bertz CT molecular complexity index is 615. The van der Waals surface area contributed by atoms with Gasteiger partial charge in [-0.05, 0) is 29.3 Å². The fourth-order valence-electron chi connectivity index (χ4n) is 1.69. The van der Waals surface area contributed by atoms with Crippen LogP contribution in [0.4, 0.5) is 0 Å². The Morgan fingerprint density at radius 3 is 2.40 bits per heavy atom. The predicted octanol–water partition coefficient (Wildman–Crippen LogP) is 2.39. The molecule has 0 bridgehead atoms. The average Bonchev–Trinajstić information content (AvgIpc) is 2.16. The molecule has 2 rings (SSSR count). The van der Waals surface area contributed by atoms with Gasteiger partial charge in [-0.15, -0.1) is 0 Å². The summed E-state index contributed by atoms with van der Waals surface area (Å²) in [7, 11) is -4.12. The maximum Gasteiger partial charge on any atom is 0.294 e. The summed E-state index contributed by atoms with van der Waals surface area (Å²) in [6, 6.07) is 10.6. The third kappa shape index (κ3) is 1.73. The summed E-state index contributed by atoms with van der Waals surface area (Å²) in [6.07, 6.45) is 0. The fourth-order valence-corrected chi connectivity index (χ4v) is 2.42. The first-order valence-corrected chi connectivity index (χ1v) is 5.90. The highest BCUT2D eigenvalue weighted by Gasteiger charge is 2.14. The van der Waals surface area contributed by atoms with Crippen LogP contribution in [0.2, 0.25) is 0 Å². The van der Waals surface area contributed by atoms with E-state index in [1.165, 1.54) is 6.07 Å². The van der Waals surface area contributed by atoms with Crippen molar-refractivity contribution in [3.63, 3.8) is 0 Å². The van der Waals surface area contributed by atoms with Crippen molar-refractivity contribution in [1.82, 2.24) is 0 Å². The van der Waals surface area contributed by atoms with Gasteiger partial charge in [0, 0.05) is 0 Å². The van der Waals surface area contributed by atoms with Crippen molar-refractivity contribution in [2.45, 2.75) is 11.8 Å². The van der Waals surface area contributed by atoms with Gasteiger partial charge in [-0.3, -0.25) is 4.55 Å². The van der Waals surface area contributed by atoms with Crippen LogP contribution in [0.1, 0.15) is 5.56 Å². The Balaban J connectivity index is 2.88. The Morgan fingerprint density at radius 2 is 1.73 bits per heavy atom. The summed E-state index contributed by atoms with van der Waals surface area (Å²) >= 11 is 0. The van der Waals surface area contributed by atoms with Crippen LogP contribution in [0.3, 0.4) is 0 Å². The number of benzene rings is 2. The Kier molecular flexibility index (Phi) is 2.25. The lowest BCUT2D eigenvalue weighted by Gasteiger charge is -2.06. The van der Waals surface area contributed by atoms with Crippen molar-refractivity contribution >= 4 is 20.9 Å². The molecule has 0 saturated heterocycles. The third-order valence-electron chi connectivity index (χ3n) is 2.43. The first-order valence-electron chi connectivity index (χ1n) is 4.46. The molecule has 2 aromatic rings. The van der Waals surface area contributed by atoms with Crippen LogP contribution in [0.5, 0.6) is 0 Å². The van der Waals surface area contributed by atoms with Crippen molar-refractivity contribution in [2.75, 3.05) is 0 Å². The molecule has 0 aliphatic carbocycles. The lowest BCUT2D eigenvalue weighted by molar-refractivity contribution is 0.483. The van der Waals surface area contributed by atoms with E-state index in [4.69, 9.17) is 4.55 Å². The van der Waals surface area contributed by atoms with Gasteiger partial charge in [0.15, 0.2) is 0 Å². The number of hydrogen-bond acceptors (Lipinski definition) is 2. The zero-order valence-electron chi connectivity index (χ0n) is 8.14. The van der Waals surface area contributed by atoms with Crippen molar-refractivity contribution in [3.8, 4) is 0 Å². The van der Waals surface area contributed by atoms with Gasteiger partial charge in [-0.1, -0.05) is 30.3 Å². The van der Waals surface area contributed by atoms with E-state index >= 15 is 0 Å². The van der Waals surface area contributed by atoms with Crippen LogP contribution < -0.4 is 0 Å². The molecule has 1 N–H and O–H groups in total. The molecule has 3 nitrogen and oxygen atoms in total. The molecule has 0 radical (unpaired) electrons. The normalized spacial score (nSPS) is 11.9. The second kappa shape index (κ2) is 3.32. The lowest BCUT2D eigenvalue weighted by Crippen LogP contribution is -2.00. The first-order chi connectivity index (χ1) is 7.00. The van der Waals surface area contributed by atoms with Crippen LogP contribution in [0.25, 0.3) is 10.8 Å². The molecule has 0 unspecified atom stereocenters. The Hall–Kier alpha value is -1.39. The number of fused-ring (bicyclic) bond motifs is 1. The summed E-state index contributed by atoms with van der Waals surface area (Å²) in [6.45, 7) is 1.69. The zero-order chi connectivity index (χ0) is 11.1. The van der Waals surface area contributed by atoms with E-state index < -0.39 is 10.1 Å². The van der Waals surface area contributed by atoms with E-state index in [0.717, 1.165) is 10.8 Å². The first kappa shape index (κ1) is 10.1. The average molecular weight is 222 g/mol. The van der Waals surface area contributed by atoms with Gasteiger partial charge in [0.05, 0.1) is 4.90 Å². The molecule has 0 amide bonds. The van der Waals surface area contributed by atoms with Gasteiger partial charge in [0.2, 0.25) is 0 Å². The molecular weight excluding hydrogens is 212 g/mol. The fraction of sp³-hybridized carbons (Fsp3) is 0.0909. The highest BCUT2D eigenvalue weighted by Crippen LogP contribution is 2.24. The monoisotopic (exact) mass is 222 g/mol. The molecule has 4 heteroatoms. The topological polar surface area (TPSA) is 54.4 Å². The second-order valence-corrected chi connectivity index (χ2v) is 4.77. The van der Waals surface area contributed by atoms with Crippen LogP contribution in [-0.4, -0.2) is 13.0 Å². The molecule has 0 aliphatic rings. The molecule has 0 heterocycles. The highest BCUT2D eigenvalue weighted by atomic mass is 32.2. The van der Waals surface area contributed by atoms with Crippen LogP contribution >= 0.6 is 0 Å². The third-order valence-corrected chi connectivity index (χ3v) is 3.42. The Labute approximate surface area is 88.1 Å². The largest absolute Gasteiger partial charge is 0.294 e. The van der Waals surface area contributed by atoms with E-state index in [1.54, 1.807) is 13.0 Å². The van der Waals surface area contributed by atoms with E-state index in [1.807, 2.05) is 24.3 Å². The van der Waals surface area contributed by atoms with Crippen LogP contribution in [0.15, 0.2) is 41.3 Å².